The number of ether oxygens (including phenoxy) is 1. The highest BCUT2D eigenvalue weighted by Crippen LogP contribution is 2.35. The van der Waals surface area contributed by atoms with Gasteiger partial charge < -0.3 is 9.84 Å². The van der Waals surface area contributed by atoms with E-state index in [1.54, 1.807) is 0 Å². The third-order valence-electron chi connectivity index (χ3n) is 3.16. The lowest BCUT2D eigenvalue weighted by Gasteiger charge is -2.33. The van der Waals surface area contributed by atoms with Gasteiger partial charge in [0.1, 0.15) is 0 Å². The lowest BCUT2D eigenvalue weighted by molar-refractivity contribution is -0.140. The third kappa shape index (κ3) is 3.20. The van der Waals surface area contributed by atoms with Crippen LogP contribution in [0.1, 0.15) is 5.56 Å². The predicted octanol–water partition coefficient (Wildman–Crippen LogP) is 1.09. The van der Waals surface area contributed by atoms with Gasteiger partial charge in [-0.2, -0.15) is 17.5 Å². The molecule has 5 nitrogen and oxygen atoms in total. The number of hydrogen-bond acceptors (Lipinski definition) is 4. The van der Waals surface area contributed by atoms with Crippen LogP contribution in [0.15, 0.2) is 29.2 Å². The van der Waals surface area contributed by atoms with Gasteiger partial charge in [-0.3, -0.25) is 0 Å². The molecule has 0 amide bonds. The molecular weight excluding hydrogens is 311 g/mol. The molecule has 1 saturated heterocycles. The number of hydrogen-bond donors (Lipinski definition) is 1. The SMILES string of the molecule is O=S(=O)(c1ccccc1C(F)(F)F)N1CCOCC1CO. The zero-order valence-electron chi connectivity index (χ0n) is 10.9. The smallest absolute Gasteiger partial charge is 0.395 e. The lowest BCUT2D eigenvalue weighted by atomic mass is 10.2. The monoisotopic (exact) mass is 325 g/mol. The fourth-order valence-corrected chi connectivity index (χ4v) is 3.95. The molecular formula is C12H14F3NO4S. The Balaban J connectivity index is 2.49. The molecule has 0 spiro atoms. The van der Waals surface area contributed by atoms with E-state index in [-0.39, 0.29) is 19.8 Å². The van der Waals surface area contributed by atoms with E-state index >= 15 is 0 Å². The highest BCUT2D eigenvalue weighted by molar-refractivity contribution is 7.89. The highest BCUT2D eigenvalue weighted by atomic mass is 32.2. The molecule has 1 fully saturated rings. The Hall–Kier alpha value is -1.16. The van der Waals surface area contributed by atoms with E-state index in [0.717, 1.165) is 22.5 Å². The van der Waals surface area contributed by atoms with Gasteiger partial charge in [-0.1, -0.05) is 12.1 Å². The van der Waals surface area contributed by atoms with Crippen LogP contribution >= 0.6 is 0 Å². The molecule has 1 aliphatic heterocycles. The van der Waals surface area contributed by atoms with E-state index in [0.29, 0.717) is 0 Å². The van der Waals surface area contributed by atoms with E-state index in [1.807, 2.05) is 0 Å². The van der Waals surface area contributed by atoms with Crippen molar-refractivity contribution in [2.75, 3.05) is 26.4 Å². The van der Waals surface area contributed by atoms with E-state index in [2.05, 4.69) is 0 Å². The molecule has 1 unspecified atom stereocenters. The number of morpholine rings is 1. The molecule has 1 atom stereocenters. The summed E-state index contributed by atoms with van der Waals surface area (Å²) < 4.78 is 69.8. The van der Waals surface area contributed by atoms with Gasteiger partial charge in [-0.15, -0.1) is 0 Å². The van der Waals surface area contributed by atoms with Crippen molar-refractivity contribution in [3.05, 3.63) is 29.8 Å². The van der Waals surface area contributed by atoms with Crippen LogP contribution in [0.3, 0.4) is 0 Å². The zero-order valence-corrected chi connectivity index (χ0v) is 11.7. The molecule has 1 heterocycles. The van der Waals surface area contributed by atoms with Crippen molar-refractivity contribution >= 4 is 10.0 Å². The Kier molecular flexibility index (Phi) is 4.57. The van der Waals surface area contributed by atoms with Gasteiger partial charge in [-0.25, -0.2) is 8.42 Å². The van der Waals surface area contributed by atoms with Gasteiger partial charge in [-0.05, 0) is 12.1 Å². The number of alkyl halides is 3. The van der Waals surface area contributed by atoms with Gasteiger partial charge in [0.25, 0.3) is 0 Å². The Morgan fingerprint density at radius 1 is 1.33 bits per heavy atom. The molecule has 1 aliphatic rings. The molecule has 9 heteroatoms. The molecule has 21 heavy (non-hydrogen) atoms. The van der Waals surface area contributed by atoms with Gasteiger partial charge in [0.05, 0.1) is 36.3 Å². The maximum absolute atomic E-state index is 13.0. The fraction of sp³-hybridized carbons (Fsp3) is 0.500. The summed E-state index contributed by atoms with van der Waals surface area (Å²) in [5.74, 6) is 0. The first kappa shape index (κ1) is 16.2. The van der Waals surface area contributed by atoms with E-state index in [1.165, 1.54) is 6.07 Å². The third-order valence-corrected chi connectivity index (χ3v) is 5.17. The summed E-state index contributed by atoms with van der Waals surface area (Å²) in [5.41, 5.74) is -1.21. The minimum atomic E-state index is -4.77. The number of aliphatic hydroxyl groups is 1. The summed E-state index contributed by atoms with van der Waals surface area (Å²) in [7, 11) is -4.36. The predicted molar refractivity (Wildman–Crippen MR) is 67.0 cm³/mol. The van der Waals surface area contributed by atoms with Crippen molar-refractivity contribution in [2.24, 2.45) is 0 Å². The summed E-state index contributed by atoms with van der Waals surface area (Å²) in [6, 6.07) is 3.12. The second-order valence-electron chi connectivity index (χ2n) is 4.52. The van der Waals surface area contributed by atoms with Crippen LogP contribution in [0.2, 0.25) is 0 Å². The Labute approximate surface area is 120 Å². The average Bonchev–Trinajstić information content (AvgIpc) is 2.46. The molecule has 118 valence electrons. The van der Waals surface area contributed by atoms with Crippen LogP contribution in [-0.2, 0) is 20.9 Å². The summed E-state index contributed by atoms with van der Waals surface area (Å²) in [6.45, 7) is -0.596. The second-order valence-corrected chi connectivity index (χ2v) is 6.38. The van der Waals surface area contributed by atoms with Crippen LogP contribution in [0.25, 0.3) is 0 Å². The number of nitrogens with zero attached hydrogens (tertiary/aromatic N) is 1. The fourth-order valence-electron chi connectivity index (χ4n) is 2.15. The summed E-state index contributed by atoms with van der Waals surface area (Å²) in [5, 5.41) is 9.19. The minimum Gasteiger partial charge on any atom is -0.395 e. The van der Waals surface area contributed by atoms with Crippen LogP contribution in [-0.4, -0.2) is 50.2 Å². The van der Waals surface area contributed by atoms with Gasteiger partial charge >= 0.3 is 6.18 Å². The number of benzene rings is 1. The Bertz CT molecular complexity index is 603. The quantitative estimate of drug-likeness (QED) is 0.903. The number of aliphatic hydroxyl groups excluding tert-OH is 1. The topological polar surface area (TPSA) is 66.8 Å². The average molecular weight is 325 g/mol. The molecule has 1 N–H and O–H groups in total. The molecule has 0 saturated carbocycles. The first-order valence-corrected chi connectivity index (χ1v) is 7.59. The number of sulfonamides is 1. The molecule has 0 aromatic heterocycles. The second kappa shape index (κ2) is 5.91. The first-order chi connectivity index (χ1) is 9.78. The molecule has 2 rings (SSSR count). The highest BCUT2D eigenvalue weighted by Gasteiger charge is 2.41. The van der Waals surface area contributed by atoms with E-state index in [9.17, 15) is 26.7 Å². The zero-order chi connectivity index (χ0) is 15.7. The van der Waals surface area contributed by atoms with E-state index < -0.39 is 39.3 Å². The maximum atomic E-state index is 13.0. The standard InChI is InChI=1S/C12H14F3NO4S/c13-12(14,15)10-3-1-2-4-11(10)21(18,19)16-5-6-20-8-9(16)7-17/h1-4,9,17H,5-8H2. The van der Waals surface area contributed by atoms with Crippen LogP contribution in [0.5, 0.6) is 0 Å². The van der Waals surface area contributed by atoms with Gasteiger partial charge in [0.15, 0.2) is 0 Å². The molecule has 0 radical (unpaired) electrons. The first-order valence-electron chi connectivity index (χ1n) is 6.15. The molecule has 1 aromatic rings. The van der Waals surface area contributed by atoms with Crippen molar-refractivity contribution in [3.63, 3.8) is 0 Å². The van der Waals surface area contributed by atoms with Crippen LogP contribution in [0.4, 0.5) is 13.2 Å². The van der Waals surface area contributed by atoms with Gasteiger partial charge in [0, 0.05) is 6.54 Å². The lowest BCUT2D eigenvalue weighted by Crippen LogP contribution is -2.50. The van der Waals surface area contributed by atoms with Crippen molar-refractivity contribution in [3.8, 4) is 0 Å². The van der Waals surface area contributed by atoms with E-state index in [4.69, 9.17) is 4.74 Å². The molecule has 0 aliphatic carbocycles. The number of rotatable bonds is 3. The van der Waals surface area contributed by atoms with Gasteiger partial charge in [0.2, 0.25) is 10.0 Å². The summed E-state index contributed by atoms with van der Waals surface area (Å²) >= 11 is 0. The van der Waals surface area contributed by atoms with Crippen molar-refractivity contribution < 1.29 is 31.4 Å². The van der Waals surface area contributed by atoms with Crippen LogP contribution in [0, 0.1) is 0 Å². The maximum Gasteiger partial charge on any atom is 0.417 e. The summed E-state index contributed by atoms with van der Waals surface area (Å²) in [6.07, 6.45) is -4.77. The Morgan fingerprint density at radius 2 is 2.00 bits per heavy atom. The normalized spacial score (nSPS) is 21.4. The Morgan fingerprint density at radius 3 is 2.62 bits per heavy atom. The molecule has 1 aromatic carbocycles. The van der Waals surface area contributed by atoms with Crippen molar-refractivity contribution in [1.82, 2.24) is 4.31 Å². The van der Waals surface area contributed by atoms with Crippen LogP contribution < -0.4 is 0 Å². The van der Waals surface area contributed by atoms with Crippen molar-refractivity contribution in [1.29, 1.82) is 0 Å². The number of halogens is 3. The summed E-state index contributed by atoms with van der Waals surface area (Å²) in [4.78, 5) is -0.808. The van der Waals surface area contributed by atoms with Crippen molar-refractivity contribution in [2.45, 2.75) is 17.1 Å². The largest absolute Gasteiger partial charge is 0.417 e. The minimum absolute atomic E-state index is 0.0517. The molecule has 0 bridgehead atoms.